The fraction of sp³-hybridized carbons (Fsp3) is 0.562. The van der Waals surface area contributed by atoms with Crippen LogP contribution in [0.1, 0.15) is 26.2 Å². The molecule has 126 valence electrons. The molecule has 1 saturated heterocycles. The van der Waals surface area contributed by atoms with Gasteiger partial charge in [-0.2, -0.15) is 4.98 Å². The largest absolute Gasteiger partial charge is 0.423 e. The Morgan fingerprint density at radius 1 is 1.30 bits per heavy atom. The van der Waals surface area contributed by atoms with Crippen molar-refractivity contribution in [3.63, 3.8) is 0 Å². The first-order valence-corrected chi connectivity index (χ1v) is 9.80. The van der Waals surface area contributed by atoms with Crippen LogP contribution in [-0.2, 0) is 10.0 Å². The van der Waals surface area contributed by atoms with Crippen molar-refractivity contribution >= 4 is 27.1 Å². The minimum absolute atomic E-state index is 0.203. The van der Waals surface area contributed by atoms with Gasteiger partial charge in [-0.1, -0.05) is 19.1 Å². The summed E-state index contributed by atoms with van der Waals surface area (Å²) in [5.41, 5.74) is 1.67. The Morgan fingerprint density at radius 3 is 2.74 bits per heavy atom. The molecule has 0 radical (unpaired) electrons. The normalized spacial score (nSPS) is 17.0. The molecule has 1 fully saturated rings. The molecule has 1 aromatic heterocycles. The van der Waals surface area contributed by atoms with Gasteiger partial charge in [0.2, 0.25) is 10.0 Å². The summed E-state index contributed by atoms with van der Waals surface area (Å²) in [6.45, 7) is 4.09. The lowest BCUT2D eigenvalue weighted by Crippen LogP contribution is -2.39. The number of hydrogen-bond donors (Lipinski definition) is 1. The molecular weight excluding hydrogens is 314 g/mol. The highest BCUT2D eigenvalue weighted by Gasteiger charge is 2.23. The SMILES string of the molecule is CCCS(=O)(=O)NCC1CCN(c2nc3ccccc3o2)CC1. The fourth-order valence-corrected chi connectivity index (χ4v) is 4.08. The lowest BCUT2D eigenvalue weighted by Gasteiger charge is -2.30. The van der Waals surface area contributed by atoms with Gasteiger partial charge in [-0.15, -0.1) is 0 Å². The maximum Gasteiger partial charge on any atom is 0.298 e. The zero-order valence-electron chi connectivity index (χ0n) is 13.4. The maximum atomic E-state index is 11.7. The van der Waals surface area contributed by atoms with Gasteiger partial charge in [-0.05, 0) is 37.3 Å². The van der Waals surface area contributed by atoms with Crippen LogP contribution in [-0.4, -0.2) is 38.8 Å². The molecule has 1 N–H and O–H groups in total. The third-order valence-corrected chi connectivity index (χ3v) is 5.78. The van der Waals surface area contributed by atoms with E-state index in [0.717, 1.165) is 37.0 Å². The molecular formula is C16H23N3O3S. The first kappa shape index (κ1) is 16.3. The molecule has 6 nitrogen and oxygen atoms in total. The number of nitrogens with zero attached hydrogens (tertiary/aromatic N) is 2. The minimum atomic E-state index is -3.11. The fourth-order valence-electron chi connectivity index (χ4n) is 2.91. The molecule has 0 saturated carbocycles. The van der Waals surface area contributed by atoms with Crippen molar-refractivity contribution in [2.75, 3.05) is 30.3 Å². The number of sulfonamides is 1. The van der Waals surface area contributed by atoms with Gasteiger partial charge >= 0.3 is 0 Å². The Bertz CT molecular complexity index is 716. The highest BCUT2D eigenvalue weighted by molar-refractivity contribution is 7.89. The van der Waals surface area contributed by atoms with Crippen LogP contribution in [0.4, 0.5) is 6.01 Å². The second-order valence-corrected chi connectivity index (χ2v) is 7.99. The van der Waals surface area contributed by atoms with Crippen LogP contribution in [0, 0.1) is 5.92 Å². The number of benzene rings is 1. The first-order valence-electron chi connectivity index (χ1n) is 8.15. The third kappa shape index (κ3) is 4.03. The Hall–Kier alpha value is -1.60. The van der Waals surface area contributed by atoms with E-state index < -0.39 is 10.0 Å². The molecule has 1 aliphatic heterocycles. The predicted molar refractivity (Wildman–Crippen MR) is 91.0 cm³/mol. The van der Waals surface area contributed by atoms with Gasteiger partial charge in [0.05, 0.1) is 5.75 Å². The molecule has 0 atom stereocenters. The highest BCUT2D eigenvalue weighted by Crippen LogP contribution is 2.26. The number of rotatable bonds is 6. The standard InChI is InChI=1S/C16H23N3O3S/c1-2-11-23(20,21)17-12-13-7-9-19(10-8-13)16-18-14-5-3-4-6-15(14)22-16/h3-6,13,17H,2,7-12H2,1H3. The van der Waals surface area contributed by atoms with Crippen LogP contribution in [0.5, 0.6) is 0 Å². The Kier molecular flexibility index (Phi) is 4.87. The maximum absolute atomic E-state index is 11.7. The molecule has 2 aromatic rings. The molecule has 23 heavy (non-hydrogen) atoms. The van der Waals surface area contributed by atoms with Crippen molar-refractivity contribution in [2.24, 2.45) is 5.92 Å². The number of hydrogen-bond acceptors (Lipinski definition) is 5. The molecule has 0 unspecified atom stereocenters. The quantitative estimate of drug-likeness (QED) is 0.876. The number of nitrogens with one attached hydrogen (secondary N) is 1. The molecule has 1 aliphatic rings. The van der Waals surface area contributed by atoms with E-state index in [0.29, 0.717) is 24.9 Å². The second-order valence-electron chi connectivity index (χ2n) is 6.06. The van der Waals surface area contributed by atoms with Gasteiger partial charge in [0.1, 0.15) is 5.52 Å². The number of oxazole rings is 1. The van der Waals surface area contributed by atoms with Gasteiger partial charge in [-0.3, -0.25) is 0 Å². The van der Waals surface area contributed by atoms with Gasteiger partial charge in [0.25, 0.3) is 6.01 Å². The molecule has 0 aliphatic carbocycles. The van der Waals surface area contributed by atoms with Crippen molar-refractivity contribution in [3.8, 4) is 0 Å². The zero-order valence-corrected chi connectivity index (χ0v) is 14.2. The van der Waals surface area contributed by atoms with Crippen molar-refractivity contribution in [1.82, 2.24) is 9.71 Å². The van der Waals surface area contributed by atoms with Crippen LogP contribution >= 0.6 is 0 Å². The van der Waals surface area contributed by atoms with E-state index >= 15 is 0 Å². The summed E-state index contributed by atoms with van der Waals surface area (Å²) in [4.78, 5) is 6.65. The summed E-state index contributed by atoms with van der Waals surface area (Å²) in [5.74, 6) is 0.580. The van der Waals surface area contributed by atoms with Gasteiger partial charge in [0.15, 0.2) is 5.58 Å². The van der Waals surface area contributed by atoms with E-state index in [4.69, 9.17) is 4.42 Å². The smallest absolute Gasteiger partial charge is 0.298 e. The summed E-state index contributed by atoms with van der Waals surface area (Å²) in [6, 6.07) is 8.41. The topological polar surface area (TPSA) is 75.4 Å². The summed E-state index contributed by atoms with van der Waals surface area (Å²) in [6.07, 6.45) is 2.52. The van der Waals surface area contributed by atoms with Crippen LogP contribution in [0.2, 0.25) is 0 Å². The summed E-state index contributed by atoms with van der Waals surface area (Å²) in [5, 5.41) is 0. The van der Waals surface area contributed by atoms with Crippen LogP contribution < -0.4 is 9.62 Å². The Balaban J connectivity index is 1.54. The van der Waals surface area contributed by atoms with Gasteiger partial charge in [-0.25, -0.2) is 13.1 Å². The molecule has 3 rings (SSSR count). The lowest BCUT2D eigenvalue weighted by atomic mass is 9.97. The van der Waals surface area contributed by atoms with Gasteiger partial charge in [0, 0.05) is 19.6 Å². The number of aromatic nitrogens is 1. The number of fused-ring (bicyclic) bond motifs is 1. The van der Waals surface area contributed by atoms with Crippen molar-refractivity contribution in [3.05, 3.63) is 24.3 Å². The van der Waals surface area contributed by atoms with Gasteiger partial charge < -0.3 is 9.32 Å². The lowest BCUT2D eigenvalue weighted by molar-refractivity contribution is 0.387. The molecule has 0 bridgehead atoms. The molecule has 0 amide bonds. The molecule has 2 heterocycles. The second kappa shape index (κ2) is 6.88. The van der Waals surface area contributed by atoms with E-state index in [1.54, 1.807) is 0 Å². The van der Waals surface area contributed by atoms with Crippen LogP contribution in [0.3, 0.4) is 0 Å². The molecule has 7 heteroatoms. The third-order valence-electron chi connectivity index (χ3n) is 4.23. The highest BCUT2D eigenvalue weighted by atomic mass is 32.2. The number of anilines is 1. The minimum Gasteiger partial charge on any atom is -0.423 e. The average Bonchev–Trinajstić information content (AvgIpc) is 2.97. The molecule has 0 spiro atoms. The Labute approximate surface area is 136 Å². The van der Waals surface area contributed by atoms with E-state index in [2.05, 4.69) is 14.6 Å². The van der Waals surface area contributed by atoms with E-state index in [9.17, 15) is 8.42 Å². The predicted octanol–water partition coefficient (Wildman–Crippen LogP) is 2.37. The first-order chi connectivity index (χ1) is 11.1. The molecule has 1 aromatic carbocycles. The van der Waals surface area contributed by atoms with Crippen LogP contribution in [0.15, 0.2) is 28.7 Å². The summed E-state index contributed by atoms with van der Waals surface area (Å²) in [7, 11) is -3.11. The average molecular weight is 337 g/mol. The zero-order chi connectivity index (χ0) is 16.3. The monoisotopic (exact) mass is 337 g/mol. The van der Waals surface area contributed by atoms with Crippen molar-refractivity contribution in [2.45, 2.75) is 26.2 Å². The van der Waals surface area contributed by atoms with Crippen molar-refractivity contribution in [1.29, 1.82) is 0 Å². The van der Waals surface area contributed by atoms with Crippen LogP contribution in [0.25, 0.3) is 11.1 Å². The number of piperidine rings is 1. The van der Waals surface area contributed by atoms with E-state index in [1.165, 1.54) is 0 Å². The summed E-state index contributed by atoms with van der Waals surface area (Å²) < 4.78 is 31.9. The van der Waals surface area contributed by atoms with E-state index in [1.807, 2.05) is 31.2 Å². The summed E-state index contributed by atoms with van der Waals surface area (Å²) >= 11 is 0. The van der Waals surface area contributed by atoms with E-state index in [-0.39, 0.29) is 5.75 Å². The number of para-hydroxylation sites is 2. The Morgan fingerprint density at radius 2 is 2.04 bits per heavy atom. The van der Waals surface area contributed by atoms with Crippen molar-refractivity contribution < 1.29 is 12.8 Å².